The second-order valence-corrected chi connectivity index (χ2v) is 4.95. The van der Waals surface area contributed by atoms with Crippen LogP contribution in [0.1, 0.15) is 11.1 Å². The van der Waals surface area contributed by atoms with Gasteiger partial charge in [0.15, 0.2) is 0 Å². The van der Waals surface area contributed by atoms with Crippen LogP contribution in [0.4, 0.5) is 5.69 Å². The summed E-state index contributed by atoms with van der Waals surface area (Å²) >= 11 is 0. The zero-order chi connectivity index (χ0) is 15.5. The highest BCUT2D eigenvalue weighted by atomic mass is 16.5. The summed E-state index contributed by atoms with van der Waals surface area (Å²) in [6.45, 7) is 0. The summed E-state index contributed by atoms with van der Waals surface area (Å²) in [6.07, 6.45) is 3.18. The molecule has 0 aliphatic carbocycles. The van der Waals surface area contributed by atoms with Crippen LogP contribution in [0, 0.1) is 5.41 Å². The molecule has 0 saturated heterocycles. The molecule has 6 heteroatoms. The Kier molecular flexibility index (Phi) is 3.57. The van der Waals surface area contributed by atoms with E-state index in [1.54, 1.807) is 6.07 Å². The van der Waals surface area contributed by atoms with Crippen molar-refractivity contribution < 1.29 is 9.32 Å². The van der Waals surface area contributed by atoms with Crippen molar-refractivity contribution in [2.75, 3.05) is 5.32 Å². The lowest BCUT2D eigenvalue weighted by molar-refractivity contribution is -0.115. The fraction of sp³-hybridized carbons (Fsp3) is 0.0625. The van der Waals surface area contributed by atoms with Gasteiger partial charge in [0, 0.05) is 16.8 Å². The van der Waals surface area contributed by atoms with E-state index in [1.165, 1.54) is 12.5 Å². The minimum atomic E-state index is -0.136. The van der Waals surface area contributed by atoms with E-state index in [0.717, 1.165) is 16.3 Å². The van der Waals surface area contributed by atoms with Gasteiger partial charge in [-0.05, 0) is 29.0 Å². The molecule has 0 radical (unpaired) electrons. The summed E-state index contributed by atoms with van der Waals surface area (Å²) in [5.74, 6) is -0.101. The van der Waals surface area contributed by atoms with E-state index in [4.69, 9.17) is 15.7 Å². The fourth-order valence-corrected chi connectivity index (χ4v) is 2.20. The van der Waals surface area contributed by atoms with Crippen molar-refractivity contribution in [2.24, 2.45) is 5.73 Å². The molecular weight excluding hydrogens is 280 g/mol. The van der Waals surface area contributed by atoms with Crippen LogP contribution in [0.25, 0.3) is 10.8 Å². The molecule has 0 aliphatic rings. The van der Waals surface area contributed by atoms with E-state index in [1.807, 2.05) is 30.3 Å². The molecule has 3 rings (SSSR count). The lowest BCUT2D eigenvalue weighted by atomic mass is 10.1. The normalized spacial score (nSPS) is 10.5. The van der Waals surface area contributed by atoms with Gasteiger partial charge in [0.1, 0.15) is 12.1 Å². The van der Waals surface area contributed by atoms with Crippen molar-refractivity contribution in [1.82, 2.24) is 5.16 Å². The summed E-state index contributed by atoms with van der Waals surface area (Å²) < 4.78 is 4.70. The van der Waals surface area contributed by atoms with Crippen LogP contribution in [0.2, 0.25) is 0 Å². The molecule has 22 heavy (non-hydrogen) atoms. The summed E-state index contributed by atoms with van der Waals surface area (Å²) in [6, 6.07) is 11.1. The standard InChI is InChI=1S/C16H14N4O2/c17-16(18)13-2-1-12-7-14(4-3-11(12)6-13)20-15(21)5-10-8-19-22-9-10/h1-4,6-9H,5H2,(H3,17,18)(H,20,21). The number of carbonyl (C=O) groups excluding carboxylic acids is 1. The van der Waals surface area contributed by atoms with Crippen LogP contribution < -0.4 is 11.1 Å². The molecule has 0 unspecified atom stereocenters. The van der Waals surface area contributed by atoms with E-state index < -0.39 is 0 Å². The van der Waals surface area contributed by atoms with Crippen LogP contribution in [0.3, 0.4) is 0 Å². The molecule has 0 bridgehead atoms. The fourth-order valence-electron chi connectivity index (χ4n) is 2.20. The zero-order valence-electron chi connectivity index (χ0n) is 11.7. The van der Waals surface area contributed by atoms with Crippen molar-refractivity contribution in [1.29, 1.82) is 5.41 Å². The van der Waals surface area contributed by atoms with E-state index in [2.05, 4.69) is 10.5 Å². The number of carbonyl (C=O) groups is 1. The number of rotatable bonds is 4. The average Bonchev–Trinajstić information content (AvgIpc) is 2.99. The van der Waals surface area contributed by atoms with E-state index in [-0.39, 0.29) is 18.2 Å². The van der Waals surface area contributed by atoms with Crippen molar-refractivity contribution in [3.05, 3.63) is 60.0 Å². The molecule has 2 aromatic carbocycles. The highest BCUT2D eigenvalue weighted by Gasteiger charge is 2.07. The number of amides is 1. The maximum absolute atomic E-state index is 11.9. The second-order valence-electron chi connectivity index (χ2n) is 4.95. The lowest BCUT2D eigenvalue weighted by Gasteiger charge is -2.07. The molecule has 1 heterocycles. The van der Waals surface area contributed by atoms with Gasteiger partial charge < -0.3 is 15.6 Å². The van der Waals surface area contributed by atoms with E-state index >= 15 is 0 Å². The van der Waals surface area contributed by atoms with Crippen LogP contribution >= 0.6 is 0 Å². The van der Waals surface area contributed by atoms with Crippen molar-refractivity contribution in [3.8, 4) is 0 Å². The monoisotopic (exact) mass is 294 g/mol. The van der Waals surface area contributed by atoms with Crippen molar-refractivity contribution in [3.63, 3.8) is 0 Å². The molecule has 1 aromatic heterocycles. The van der Waals surface area contributed by atoms with Crippen LogP contribution in [-0.2, 0) is 11.2 Å². The molecule has 4 N–H and O–H groups in total. The summed E-state index contributed by atoms with van der Waals surface area (Å²) in [7, 11) is 0. The number of nitrogens with two attached hydrogens (primary N) is 1. The lowest BCUT2D eigenvalue weighted by Crippen LogP contribution is -2.14. The molecule has 3 aromatic rings. The Morgan fingerprint density at radius 3 is 2.73 bits per heavy atom. The maximum atomic E-state index is 11.9. The van der Waals surface area contributed by atoms with Crippen LogP contribution in [0.5, 0.6) is 0 Å². The van der Waals surface area contributed by atoms with Crippen LogP contribution in [0.15, 0.2) is 53.4 Å². The van der Waals surface area contributed by atoms with Crippen molar-refractivity contribution >= 4 is 28.2 Å². The second kappa shape index (κ2) is 5.69. The van der Waals surface area contributed by atoms with Crippen LogP contribution in [-0.4, -0.2) is 16.9 Å². The number of hydrogen-bond donors (Lipinski definition) is 3. The molecule has 6 nitrogen and oxygen atoms in total. The molecule has 0 fully saturated rings. The third-order valence-corrected chi connectivity index (χ3v) is 3.28. The highest BCUT2D eigenvalue weighted by Crippen LogP contribution is 2.20. The first-order valence-corrected chi connectivity index (χ1v) is 6.68. The Morgan fingerprint density at radius 1 is 1.23 bits per heavy atom. The highest BCUT2D eigenvalue weighted by molar-refractivity contribution is 6.00. The minimum absolute atomic E-state index is 0.0352. The molecule has 0 atom stereocenters. The summed E-state index contributed by atoms with van der Waals surface area (Å²) in [4.78, 5) is 11.9. The number of hydrogen-bond acceptors (Lipinski definition) is 4. The first-order chi connectivity index (χ1) is 10.6. The summed E-state index contributed by atoms with van der Waals surface area (Å²) in [5, 5.41) is 15.8. The number of benzene rings is 2. The number of aromatic nitrogens is 1. The predicted molar refractivity (Wildman–Crippen MR) is 83.8 cm³/mol. The van der Waals surface area contributed by atoms with E-state index in [9.17, 15) is 4.79 Å². The number of fused-ring (bicyclic) bond motifs is 1. The molecule has 1 amide bonds. The van der Waals surface area contributed by atoms with Gasteiger partial charge in [0.05, 0.1) is 12.6 Å². The number of amidine groups is 1. The molecule has 0 saturated carbocycles. The Morgan fingerprint density at radius 2 is 2.00 bits per heavy atom. The molecular formula is C16H14N4O2. The number of nitrogens with zero attached hydrogens (tertiary/aromatic N) is 1. The van der Waals surface area contributed by atoms with Crippen molar-refractivity contribution in [2.45, 2.75) is 6.42 Å². The largest absolute Gasteiger partial charge is 0.384 e. The van der Waals surface area contributed by atoms with Gasteiger partial charge in [-0.15, -0.1) is 0 Å². The molecule has 0 aliphatic heterocycles. The molecule has 0 spiro atoms. The van der Waals surface area contributed by atoms with E-state index in [0.29, 0.717) is 11.3 Å². The Bertz CT molecular complexity index is 840. The summed E-state index contributed by atoms with van der Waals surface area (Å²) in [5.41, 5.74) is 7.59. The first kappa shape index (κ1) is 13.8. The Labute approximate surface area is 126 Å². The topological polar surface area (TPSA) is 105 Å². The SMILES string of the molecule is N=C(N)c1ccc2cc(NC(=O)Cc3cnoc3)ccc2c1. The Balaban J connectivity index is 1.78. The smallest absolute Gasteiger partial charge is 0.228 e. The average molecular weight is 294 g/mol. The van der Waals surface area contributed by atoms with Gasteiger partial charge in [-0.3, -0.25) is 10.2 Å². The third kappa shape index (κ3) is 2.95. The predicted octanol–water partition coefficient (Wildman–Crippen LogP) is 2.29. The van der Waals surface area contributed by atoms with Gasteiger partial charge in [-0.25, -0.2) is 0 Å². The minimum Gasteiger partial charge on any atom is -0.384 e. The maximum Gasteiger partial charge on any atom is 0.228 e. The van der Waals surface area contributed by atoms with Gasteiger partial charge in [0.2, 0.25) is 5.91 Å². The Hall–Kier alpha value is -3.15. The quantitative estimate of drug-likeness (QED) is 0.507. The molecule has 110 valence electrons. The van der Waals surface area contributed by atoms with Gasteiger partial charge in [0.25, 0.3) is 0 Å². The third-order valence-electron chi connectivity index (χ3n) is 3.28. The zero-order valence-corrected chi connectivity index (χ0v) is 11.7. The first-order valence-electron chi connectivity index (χ1n) is 6.68. The van der Waals surface area contributed by atoms with Gasteiger partial charge >= 0.3 is 0 Å². The number of nitrogens with one attached hydrogen (secondary N) is 2. The van der Waals surface area contributed by atoms with Gasteiger partial charge in [-0.1, -0.05) is 23.4 Å². The number of anilines is 1. The number of nitrogen functional groups attached to an aromatic ring is 1. The van der Waals surface area contributed by atoms with Gasteiger partial charge in [-0.2, -0.15) is 0 Å².